The monoisotopic (exact) mass is 279 g/mol. The van der Waals surface area contributed by atoms with E-state index in [2.05, 4.69) is 5.32 Å². The Morgan fingerprint density at radius 3 is 2.65 bits per heavy atom. The van der Waals surface area contributed by atoms with Crippen LogP contribution in [0.15, 0.2) is 18.2 Å². The molecule has 1 fully saturated rings. The molecule has 7 nitrogen and oxygen atoms in total. The van der Waals surface area contributed by atoms with Gasteiger partial charge in [-0.25, -0.2) is 4.79 Å². The van der Waals surface area contributed by atoms with E-state index in [-0.39, 0.29) is 18.4 Å². The number of methoxy groups -OCH3 is 2. The number of benzene rings is 1. The van der Waals surface area contributed by atoms with Crippen LogP contribution in [0.2, 0.25) is 0 Å². The smallest absolute Gasteiger partial charge is 0.312 e. The summed E-state index contributed by atoms with van der Waals surface area (Å²) in [5.41, 5.74) is 5.76. The summed E-state index contributed by atoms with van der Waals surface area (Å²) in [4.78, 5) is 24.4. The van der Waals surface area contributed by atoms with Gasteiger partial charge in [0.2, 0.25) is 5.91 Å². The first-order valence-corrected chi connectivity index (χ1v) is 6.13. The second-order valence-corrected chi connectivity index (χ2v) is 4.45. The van der Waals surface area contributed by atoms with E-state index in [4.69, 9.17) is 15.2 Å². The lowest BCUT2D eigenvalue weighted by Crippen LogP contribution is -2.40. The van der Waals surface area contributed by atoms with E-state index in [1.807, 2.05) is 0 Å². The maximum atomic E-state index is 12.0. The molecule has 0 unspecified atom stereocenters. The van der Waals surface area contributed by atoms with E-state index in [0.717, 1.165) is 0 Å². The van der Waals surface area contributed by atoms with Crippen molar-refractivity contribution in [3.63, 3.8) is 0 Å². The highest BCUT2D eigenvalue weighted by Gasteiger charge is 2.31. The highest BCUT2D eigenvalue weighted by Crippen LogP contribution is 2.33. The topological polar surface area (TPSA) is 93.9 Å². The van der Waals surface area contributed by atoms with Crippen LogP contribution in [-0.4, -0.2) is 38.7 Å². The van der Waals surface area contributed by atoms with Gasteiger partial charge in [0.1, 0.15) is 0 Å². The van der Waals surface area contributed by atoms with E-state index in [1.165, 1.54) is 7.11 Å². The van der Waals surface area contributed by atoms with Gasteiger partial charge in [-0.05, 0) is 12.1 Å². The quantitative estimate of drug-likeness (QED) is 0.838. The van der Waals surface area contributed by atoms with Crippen LogP contribution < -0.4 is 25.4 Å². The summed E-state index contributed by atoms with van der Waals surface area (Å²) in [7, 11) is 3.08. The second-order valence-electron chi connectivity index (χ2n) is 4.45. The zero-order valence-electron chi connectivity index (χ0n) is 11.4. The van der Waals surface area contributed by atoms with Crippen LogP contribution in [0.3, 0.4) is 0 Å². The average Bonchev–Trinajstić information content (AvgIpc) is 2.77. The van der Waals surface area contributed by atoms with Gasteiger partial charge in [-0.1, -0.05) is 0 Å². The zero-order chi connectivity index (χ0) is 14.7. The molecule has 1 atom stereocenters. The van der Waals surface area contributed by atoms with Crippen LogP contribution in [0, 0.1) is 0 Å². The molecule has 1 aliphatic heterocycles. The normalized spacial score (nSPS) is 18.0. The number of carbonyl (C=O) groups is 2. The lowest BCUT2D eigenvalue weighted by molar-refractivity contribution is -0.117. The molecule has 0 aliphatic carbocycles. The number of primary amides is 1. The van der Waals surface area contributed by atoms with Crippen LogP contribution in [0.4, 0.5) is 10.5 Å². The van der Waals surface area contributed by atoms with E-state index < -0.39 is 6.03 Å². The number of nitrogens with two attached hydrogens (primary N) is 1. The van der Waals surface area contributed by atoms with Crippen molar-refractivity contribution in [2.75, 3.05) is 25.7 Å². The Morgan fingerprint density at radius 1 is 1.35 bits per heavy atom. The van der Waals surface area contributed by atoms with Crippen molar-refractivity contribution in [3.8, 4) is 11.5 Å². The van der Waals surface area contributed by atoms with Crippen LogP contribution in [0.1, 0.15) is 6.42 Å². The van der Waals surface area contributed by atoms with Gasteiger partial charge in [-0.2, -0.15) is 0 Å². The molecule has 3 amide bonds. The zero-order valence-corrected chi connectivity index (χ0v) is 11.4. The molecular formula is C13H17N3O4. The van der Waals surface area contributed by atoms with Gasteiger partial charge < -0.3 is 25.4 Å². The largest absolute Gasteiger partial charge is 0.493 e. The minimum Gasteiger partial charge on any atom is -0.493 e. The van der Waals surface area contributed by atoms with Crippen LogP contribution in [0.5, 0.6) is 11.5 Å². The Balaban J connectivity index is 2.19. The van der Waals surface area contributed by atoms with Crippen LogP contribution in [-0.2, 0) is 4.79 Å². The predicted molar refractivity (Wildman–Crippen MR) is 73.0 cm³/mol. The Labute approximate surface area is 116 Å². The van der Waals surface area contributed by atoms with Gasteiger partial charge in [-0.3, -0.25) is 4.79 Å². The lowest BCUT2D eigenvalue weighted by Gasteiger charge is -2.18. The number of amides is 3. The van der Waals surface area contributed by atoms with Crippen molar-refractivity contribution in [1.29, 1.82) is 0 Å². The summed E-state index contributed by atoms with van der Waals surface area (Å²) in [6, 6.07) is 4.33. The number of rotatable bonds is 4. The maximum absolute atomic E-state index is 12.0. The van der Waals surface area contributed by atoms with Gasteiger partial charge in [0.05, 0.1) is 20.3 Å². The first-order valence-electron chi connectivity index (χ1n) is 6.13. The summed E-state index contributed by atoms with van der Waals surface area (Å²) in [6.07, 6.45) is 0.233. The van der Waals surface area contributed by atoms with E-state index >= 15 is 0 Å². The fourth-order valence-corrected chi connectivity index (χ4v) is 2.25. The third-order valence-electron chi connectivity index (χ3n) is 3.15. The second kappa shape index (κ2) is 5.68. The number of anilines is 1. The summed E-state index contributed by atoms with van der Waals surface area (Å²) in [5.74, 6) is 1.06. The number of hydrogen-bond acceptors (Lipinski definition) is 4. The van der Waals surface area contributed by atoms with Gasteiger partial charge in [-0.15, -0.1) is 0 Å². The number of ether oxygens (including phenoxy) is 2. The molecule has 0 saturated carbocycles. The first kappa shape index (κ1) is 14.0. The van der Waals surface area contributed by atoms with Crippen molar-refractivity contribution in [1.82, 2.24) is 5.32 Å². The number of carbonyl (C=O) groups excluding carboxylic acids is 2. The molecule has 20 heavy (non-hydrogen) atoms. The van der Waals surface area contributed by atoms with Crippen LogP contribution in [0.25, 0.3) is 0 Å². The first-order chi connectivity index (χ1) is 9.55. The van der Waals surface area contributed by atoms with Gasteiger partial charge in [0.25, 0.3) is 0 Å². The molecule has 1 aromatic rings. The molecule has 0 spiro atoms. The molecule has 1 saturated heterocycles. The lowest BCUT2D eigenvalue weighted by atomic mass is 10.2. The molecule has 7 heteroatoms. The van der Waals surface area contributed by atoms with Gasteiger partial charge in [0, 0.05) is 24.7 Å². The van der Waals surface area contributed by atoms with E-state index in [1.54, 1.807) is 30.2 Å². The molecule has 3 N–H and O–H groups in total. The van der Waals surface area contributed by atoms with Crippen molar-refractivity contribution < 1.29 is 19.1 Å². The fraction of sp³-hybridized carbons (Fsp3) is 0.385. The highest BCUT2D eigenvalue weighted by atomic mass is 16.5. The third kappa shape index (κ3) is 2.76. The Morgan fingerprint density at radius 2 is 2.05 bits per heavy atom. The van der Waals surface area contributed by atoms with Crippen LogP contribution >= 0.6 is 0 Å². The molecule has 2 rings (SSSR count). The Kier molecular flexibility index (Phi) is 3.97. The van der Waals surface area contributed by atoms with Crippen molar-refractivity contribution in [2.45, 2.75) is 12.5 Å². The molecule has 1 aliphatic rings. The molecule has 1 heterocycles. The SMILES string of the molecule is COc1ccc(N2C[C@H](NC(N)=O)CC2=O)cc1OC. The summed E-state index contributed by atoms with van der Waals surface area (Å²) in [6.45, 7) is 0.386. The van der Waals surface area contributed by atoms with Gasteiger partial charge in [0.15, 0.2) is 11.5 Å². The number of nitrogens with zero attached hydrogens (tertiary/aromatic N) is 1. The predicted octanol–water partition coefficient (Wildman–Crippen LogP) is 0.477. The average molecular weight is 279 g/mol. The van der Waals surface area contributed by atoms with Crippen molar-refractivity contribution >= 4 is 17.6 Å². The Bertz CT molecular complexity index is 532. The maximum Gasteiger partial charge on any atom is 0.312 e. The van der Waals surface area contributed by atoms with E-state index in [9.17, 15) is 9.59 Å². The number of hydrogen-bond donors (Lipinski definition) is 2. The third-order valence-corrected chi connectivity index (χ3v) is 3.15. The minimum atomic E-state index is -0.628. The van der Waals surface area contributed by atoms with E-state index in [0.29, 0.717) is 23.7 Å². The molecule has 0 aromatic heterocycles. The highest BCUT2D eigenvalue weighted by molar-refractivity contribution is 5.97. The molecule has 108 valence electrons. The summed E-state index contributed by atoms with van der Waals surface area (Å²) in [5, 5.41) is 2.54. The fourth-order valence-electron chi connectivity index (χ4n) is 2.25. The minimum absolute atomic E-state index is 0.0732. The Hall–Kier alpha value is -2.44. The summed E-state index contributed by atoms with van der Waals surface area (Å²) < 4.78 is 10.4. The molecule has 0 radical (unpaired) electrons. The standard InChI is InChI=1S/C13H17N3O4/c1-19-10-4-3-9(6-11(10)20-2)16-7-8(5-12(16)17)15-13(14)18/h3-4,6,8H,5,7H2,1-2H3,(H3,14,15,18)/t8-/m1/s1. The molecule has 1 aromatic carbocycles. The molecular weight excluding hydrogens is 262 g/mol. The number of nitrogens with one attached hydrogen (secondary N) is 1. The van der Waals surface area contributed by atoms with Crippen molar-refractivity contribution in [2.24, 2.45) is 5.73 Å². The summed E-state index contributed by atoms with van der Waals surface area (Å²) >= 11 is 0. The number of urea groups is 1. The van der Waals surface area contributed by atoms with Crippen molar-refractivity contribution in [3.05, 3.63) is 18.2 Å². The van der Waals surface area contributed by atoms with Gasteiger partial charge >= 0.3 is 6.03 Å². The molecule has 0 bridgehead atoms.